The lowest BCUT2D eigenvalue weighted by Gasteiger charge is -2.20. The van der Waals surface area contributed by atoms with Gasteiger partial charge < -0.3 is 10.4 Å². The van der Waals surface area contributed by atoms with Crippen LogP contribution >= 0.6 is 15.9 Å². The van der Waals surface area contributed by atoms with Crippen LogP contribution in [0.15, 0.2) is 41.1 Å². The summed E-state index contributed by atoms with van der Waals surface area (Å²) < 4.78 is 28.1. The van der Waals surface area contributed by atoms with Crippen LogP contribution < -0.4 is 10.2 Å². The van der Waals surface area contributed by atoms with Crippen LogP contribution in [0.3, 0.4) is 0 Å². The lowest BCUT2D eigenvalue weighted by Crippen LogP contribution is -2.34. The van der Waals surface area contributed by atoms with Gasteiger partial charge in [0, 0.05) is 27.8 Å². The molecule has 7 nitrogen and oxygen atoms in total. The van der Waals surface area contributed by atoms with Crippen molar-refractivity contribution >= 4 is 39.3 Å². The molecule has 1 aromatic carbocycles. The molecule has 2 N–H and O–H groups in total. The summed E-state index contributed by atoms with van der Waals surface area (Å²) in [6, 6.07) is 7.07. The van der Waals surface area contributed by atoms with Crippen molar-refractivity contribution in [3.8, 4) is 11.3 Å². The number of hydrogen-bond donors (Lipinski definition) is 2. The Morgan fingerprint density at radius 1 is 1.35 bits per heavy atom. The van der Waals surface area contributed by atoms with Crippen molar-refractivity contribution in [2.24, 2.45) is 0 Å². The average Bonchev–Trinajstić information content (AvgIpc) is 3.41. The van der Waals surface area contributed by atoms with Crippen molar-refractivity contribution in [1.29, 1.82) is 0 Å². The lowest BCUT2D eigenvalue weighted by atomic mass is 10.0. The Morgan fingerprint density at radius 3 is 2.71 bits per heavy atom. The first-order chi connectivity index (χ1) is 14.7. The van der Waals surface area contributed by atoms with Gasteiger partial charge in [-0.3, -0.25) is 14.1 Å². The second-order valence-corrected chi connectivity index (χ2v) is 8.36. The molecule has 2 amide bonds. The Hall–Kier alpha value is -3.01. The van der Waals surface area contributed by atoms with Gasteiger partial charge in [0.25, 0.3) is 12.3 Å². The number of nitrogens with zero attached hydrogens (tertiary/aromatic N) is 3. The van der Waals surface area contributed by atoms with E-state index in [-0.39, 0.29) is 23.3 Å². The van der Waals surface area contributed by atoms with Crippen molar-refractivity contribution in [2.45, 2.75) is 32.2 Å². The number of imidazole rings is 1. The molecule has 0 bridgehead atoms. The summed E-state index contributed by atoms with van der Waals surface area (Å²) in [7, 11) is 0. The predicted octanol–water partition coefficient (Wildman–Crippen LogP) is 4.71. The number of fused-ring (bicyclic) bond motifs is 1. The standard InChI is InChI=1S/C21H19BrF2N4O3/c1-11-6-12(2-5-15(11)20(29)26-14-3-4-14)17-8-25-19-16(7-13(22)9-27(17)19)28(21(30)31)10-18(23)24/h2,5-9,14,18H,3-4,10H2,1H3,(H,26,29)(H,30,31). The van der Waals surface area contributed by atoms with Gasteiger partial charge in [-0.1, -0.05) is 6.07 Å². The van der Waals surface area contributed by atoms with Gasteiger partial charge in [-0.2, -0.15) is 0 Å². The van der Waals surface area contributed by atoms with Crippen LogP contribution in [0.5, 0.6) is 0 Å². The molecule has 2 aromatic heterocycles. The minimum absolute atomic E-state index is 0.0468. The number of carboxylic acid groups (broad SMARTS) is 1. The Balaban J connectivity index is 1.75. The molecule has 4 rings (SSSR count). The minimum atomic E-state index is -2.83. The van der Waals surface area contributed by atoms with Crippen LogP contribution in [0.25, 0.3) is 16.9 Å². The van der Waals surface area contributed by atoms with Crippen LogP contribution in [0.2, 0.25) is 0 Å². The van der Waals surface area contributed by atoms with Crippen LogP contribution in [-0.2, 0) is 0 Å². The zero-order valence-corrected chi connectivity index (χ0v) is 18.1. The molecule has 0 aliphatic heterocycles. The number of rotatable bonds is 6. The summed E-state index contributed by atoms with van der Waals surface area (Å²) in [5.74, 6) is -0.112. The number of carbonyl (C=O) groups is 2. The molecule has 1 aliphatic carbocycles. The third kappa shape index (κ3) is 4.39. The molecule has 0 atom stereocenters. The fraction of sp³-hybridized carbons (Fsp3) is 0.286. The smallest absolute Gasteiger partial charge is 0.412 e. The third-order valence-corrected chi connectivity index (χ3v) is 5.51. The minimum Gasteiger partial charge on any atom is -0.465 e. The number of pyridine rings is 1. The summed E-state index contributed by atoms with van der Waals surface area (Å²) in [5, 5.41) is 12.4. The van der Waals surface area contributed by atoms with E-state index in [4.69, 9.17) is 0 Å². The van der Waals surface area contributed by atoms with Gasteiger partial charge in [-0.25, -0.2) is 18.6 Å². The first-order valence-corrected chi connectivity index (χ1v) is 10.4. The number of halogens is 3. The van der Waals surface area contributed by atoms with Crippen molar-refractivity contribution in [3.63, 3.8) is 0 Å². The highest BCUT2D eigenvalue weighted by Crippen LogP contribution is 2.31. The maximum absolute atomic E-state index is 13.0. The summed E-state index contributed by atoms with van der Waals surface area (Å²) in [5.41, 5.74) is 3.04. The molecule has 1 aliphatic rings. The number of hydrogen-bond acceptors (Lipinski definition) is 3. The Kier molecular flexibility index (Phi) is 5.65. The number of anilines is 1. The monoisotopic (exact) mass is 492 g/mol. The summed E-state index contributed by atoms with van der Waals surface area (Å²) in [6.07, 6.45) is 0.911. The number of amides is 2. The molecular formula is C21H19BrF2N4O3. The normalized spacial score (nSPS) is 13.6. The van der Waals surface area contributed by atoms with Crippen molar-refractivity contribution in [2.75, 3.05) is 11.4 Å². The molecule has 162 valence electrons. The van der Waals surface area contributed by atoms with E-state index < -0.39 is 19.1 Å². The van der Waals surface area contributed by atoms with Gasteiger partial charge in [-0.15, -0.1) is 0 Å². The van der Waals surface area contributed by atoms with E-state index in [9.17, 15) is 23.5 Å². The van der Waals surface area contributed by atoms with E-state index in [2.05, 4.69) is 26.2 Å². The van der Waals surface area contributed by atoms with E-state index >= 15 is 0 Å². The van der Waals surface area contributed by atoms with Crippen molar-refractivity contribution < 1.29 is 23.5 Å². The van der Waals surface area contributed by atoms with E-state index in [1.54, 1.807) is 28.9 Å². The molecule has 10 heteroatoms. The highest BCUT2D eigenvalue weighted by molar-refractivity contribution is 9.10. The zero-order valence-electron chi connectivity index (χ0n) is 16.5. The maximum Gasteiger partial charge on any atom is 0.412 e. The maximum atomic E-state index is 13.0. The van der Waals surface area contributed by atoms with E-state index in [0.717, 1.165) is 24.0 Å². The molecule has 0 radical (unpaired) electrons. The fourth-order valence-electron chi connectivity index (χ4n) is 3.44. The first-order valence-electron chi connectivity index (χ1n) is 9.61. The zero-order chi connectivity index (χ0) is 22.3. The van der Waals surface area contributed by atoms with Gasteiger partial charge in [0.15, 0.2) is 5.65 Å². The molecule has 3 aromatic rings. The molecule has 1 saturated carbocycles. The largest absolute Gasteiger partial charge is 0.465 e. The van der Waals surface area contributed by atoms with Crippen molar-refractivity contribution in [3.05, 3.63) is 52.3 Å². The van der Waals surface area contributed by atoms with Crippen molar-refractivity contribution in [1.82, 2.24) is 14.7 Å². The number of nitrogens with one attached hydrogen (secondary N) is 1. The van der Waals surface area contributed by atoms with Gasteiger partial charge in [-0.05, 0) is 59.5 Å². The van der Waals surface area contributed by atoms with Gasteiger partial charge in [0.2, 0.25) is 0 Å². The summed E-state index contributed by atoms with van der Waals surface area (Å²) >= 11 is 3.32. The number of alkyl halides is 2. The molecular weight excluding hydrogens is 474 g/mol. The Morgan fingerprint density at radius 2 is 2.10 bits per heavy atom. The van der Waals surface area contributed by atoms with Gasteiger partial charge >= 0.3 is 6.09 Å². The number of aromatic nitrogens is 2. The SMILES string of the molecule is Cc1cc(-c2cnc3c(N(CC(F)F)C(=O)O)cc(Br)cn23)ccc1C(=O)NC1CC1. The molecule has 0 unspecified atom stereocenters. The average molecular weight is 493 g/mol. The number of aryl methyl sites for hydroxylation is 1. The second-order valence-electron chi connectivity index (χ2n) is 7.44. The molecule has 0 spiro atoms. The van der Waals surface area contributed by atoms with Crippen LogP contribution in [0, 0.1) is 6.92 Å². The Labute approximate surface area is 184 Å². The fourth-order valence-corrected chi connectivity index (χ4v) is 3.86. The highest BCUT2D eigenvalue weighted by Gasteiger charge is 2.25. The third-order valence-electron chi connectivity index (χ3n) is 5.07. The van der Waals surface area contributed by atoms with Gasteiger partial charge in [0.05, 0.1) is 24.1 Å². The first kappa shape index (κ1) is 21.2. The highest BCUT2D eigenvalue weighted by atomic mass is 79.9. The topological polar surface area (TPSA) is 86.9 Å². The predicted molar refractivity (Wildman–Crippen MR) is 115 cm³/mol. The van der Waals surface area contributed by atoms with Gasteiger partial charge in [0.1, 0.15) is 0 Å². The molecule has 0 saturated heterocycles. The number of carbonyl (C=O) groups excluding carboxylic acids is 1. The second kappa shape index (κ2) is 8.26. The Bertz CT molecular complexity index is 1180. The van der Waals surface area contributed by atoms with Crippen LogP contribution in [-0.4, -0.2) is 45.5 Å². The lowest BCUT2D eigenvalue weighted by molar-refractivity contribution is 0.0950. The van der Waals surface area contributed by atoms with Crippen LogP contribution in [0.4, 0.5) is 19.3 Å². The molecule has 31 heavy (non-hydrogen) atoms. The summed E-state index contributed by atoms with van der Waals surface area (Å²) in [4.78, 5) is 28.9. The number of benzene rings is 1. The molecule has 2 heterocycles. The quantitative estimate of drug-likeness (QED) is 0.521. The summed E-state index contributed by atoms with van der Waals surface area (Å²) in [6.45, 7) is 0.873. The molecule has 1 fully saturated rings. The van der Waals surface area contributed by atoms with E-state index in [1.807, 2.05) is 13.0 Å². The van der Waals surface area contributed by atoms with Crippen LogP contribution in [0.1, 0.15) is 28.8 Å². The van der Waals surface area contributed by atoms with E-state index in [0.29, 0.717) is 20.6 Å². The van der Waals surface area contributed by atoms with E-state index in [1.165, 1.54) is 6.07 Å².